The molecule has 22 heavy (non-hydrogen) atoms. The standard InChI is InChI=1S/C16H23NO3S2/c1-12-6-8-14(9-7-12)22(19,20)17-10-5-11-21-16(3,4)15(17)13(2)18/h6-9,15H,5,10-11H2,1-4H3/t15-/m0/s1. The Morgan fingerprint density at radius 1 is 1.27 bits per heavy atom. The lowest BCUT2D eigenvalue weighted by Crippen LogP contribution is -2.53. The van der Waals surface area contributed by atoms with E-state index in [1.165, 1.54) is 11.2 Å². The molecule has 4 nitrogen and oxygen atoms in total. The molecule has 0 aromatic heterocycles. The zero-order valence-electron chi connectivity index (χ0n) is 13.5. The second-order valence-corrected chi connectivity index (χ2v) is 9.89. The first-order valence-electron chi connectivity index (χ1n) is 7.39. The Balaban J connectivity index is 2.50. The summed E-state index contributed by atoms with van der Waals surface area (Å²) in [5.74, 6) is 0.756. The zero-order chi connectivity index (χ0) is 16.5. The van der Waals surface area contributed by atoms with E-state index in [1.54, 1.807) is 36.0 Å². The minimum atomic E-state index is -3.67. The Morgan fingerprint density at radius 2 is 1.86 bits per heavy atom. The Morgan fingerprint density at radius 3 is 2.41 bits per heavy atom. The number of ketones is 1. The minimum Gasteiger partial charge on any atom is -0.298 e. The first kappa shape index (κ1) is 17.5. The zero-order valence-corrected chi connectivity index (χ0v) is 15.1. The van der Waals surface area contributed by atoms with E-state index < -0.39 is 20.8 Å². The number of carbonyl (C=O) groups excluding carboxylic acids is 1. The van der Waals surface area contributed by atoms with Crippen LogP contribution < -0.4 is 0 Å². The van der Waals surface area contributed by atoms with Gasteiger partial charge in [0.1, 0.15) is 5.78 Å². The van der Waals surface area contributed by atoms with Gasteiger partial charge in [-0.2, -0.15) is 16.1 Å². The van der Waals surface area contributed by atoms with E-state index in [2.05, 4.69) is 0 Å². The number of aryl methyl sites for hydroxylation is 1. The van der Waals surface area contributed by atoms with Crippen LogP contribution in [0.4, 0.5) is 0 Å². The Hall–Kier alpha value is -0.850. The molecule has 1 aromatic carbocycles. The van der Waals surface area contributed by atoms with Gasteiger partial charge < -0.3 is 0 Å². The molecule has 0 unspecified atom stereocenters. The molecule has 1 fully saturated rings. The van der Waals surface area contributed by atoms with Gasteiger partial charge in [0.15, 0.2) is 0 Å². The quantitative estimate of drug-likeness (QED) is 0.848. The molecular formula is C16H23NO3S2. The van der Waals surface area contributed by atoms with Gasteiger partial charge in [0.05, 0.1) is 10.9 Å². The fraction of sp³-hybridized carbons (Fsp3) is 0.562. The maximum atomic E-state index is 13.0. The molecule has 1 saturated heterocycles. The average Bonchev–Trinajstić information content (AvgIpc) is 2.57. The molecule has 0 N–H and O–H groups in total. The number of hydrogen-bond acceptors (Lipinski definition) is 4. The SMILES string of the molecule is CC(=O)[C@@H]1N(S(=O)(=O)c2ccc(C)cc2)CCCSC1(C)C. The maximum absolute atomic E-state index is 13.0. The van der Waals surface area contributed by atoms with Crippen molar-refractivity contribution in [1.29, 1.82) is 0 Å². The molecule has 0 amide bonds. The molecule has 122 valence electrons. The van der Waals surface area contributed by atoms with Gasteiger partial charge in [-0.15, -0.1) is 0 Å². The van der Waals surface area contributed by atoms with E-state index >= 15 is 0 Å². The summed E-state index contributed by atoms with van der Waals surface area (Å²) < 4.78 is 27.0. The number of hydrogen-bond donors (Lipinski definition) is 0. The van der Waals surface area contributed by atoms with Crippen molar-refractivity contribution in [2.24, 2.45) is 0 Å². The number of sulfonamides is 1. The summed E-state index contributed by atoms with van der Waals surface area (Å²) in [5.41, 5.74) is 1.01. The Labute approximate surface area is 137 Å². The van der Waals surface area contributed by atoms with Crippen LogP contribution in [-0.4, -0.2) is 41.6 Å². The third-order valence-corrected chi connectivity index (χ3v) is 7.29. The highest BCUT2D eigenvalue weighted by Crippen LogP contribution is 2.37. The van der Waals surface area contributed by atoms with Crippen molar-refractivity contribution in [3.63, 3.8) is 0 Å². The molecule has 1 aliphatic rings. The van der Waals surface area contributed by atoms with E-state index in [1.807, 2.05) is 20.8 Å². The van der Waals surface area contributed by atoms with Crippen molar-refractivity contribution in [3.05, 3.63) is 29.8 Å². The van der Waals surface area contributed by atoms with Crippen molar-refractivity contribution in [2.75, 3.05) is 12.3 Å². The molecule has 1 atom stereocenters. The van der Waals surface area contributed by atoms with Crippen molar-refractivity contribution in [1.82, 2.24) is 4.31 Å². The third kappa shape index (κ3) is 3.39. The predicted octanol–water partition coefficient (Wildman–Crippen LogP) is 2.86. The molecular weight excluding hydrogens is 318 g/mol. The minimum absolute atomic E-state index is 0.102. The van der Waals surface area contributed by atoms with Gasteiger partial charge in [-0.1, -0.05) is 17.7 Å². The van der Waals surface area contributed by atoms with Crippen molar-refractivity contribution < 1.29 is 13.2 Å². The van der Waals surface area contributed by atoms with Crippen LogP contribution in [0.5, 0.6) is 0 Å². The van der Waals surface area contributed by atoms with Crippen LogP contribution in [0.1, 0.15) is 32.8 Å². The van der Waals surface area contributed by atoms with Crippen LogP contribution in [0.2, 0.25) is 0 Å². The smallest absolute Gasteiger partial charge is 0.243 e. The van der Waals surface area contributed by atoms with Crippen LogP contribution >= 0.6 is 11.8 Å². The lowest BCUT2D eigenvalue weighted by Gasteiger charge is -2.37. The summed E-state index contributed by atoms with van der Waals surface area (Å²) in [7, 11) is -3.67. The van der Waals surface area contributed by atoms with Crippen LogP contribution in [0.25, 0.3) is 0 Å². The number of thioether (sulfide) groups is 1. The molecule has 0 radical (unpaired) electrons. The van der Waals surface area contributed by atoms with E-state index in [0.717, 1.165) is 17.7 Å². The molecule has 0 bridgehead atoms. The summed E-state index contributed by atoms with van der Waals surface area (Å²) in [5, 5.41) is 0. The summed E-state index contributed by atoms with van der Waals surface area (Å²) in [4.78, 5) is 12.4. The van der Waals surface area contributed by atoms with E-state index in [-0.39, 0.29) is 10.7 Å². The van der Waals surface area contributed by atoms with Crippen LogP contribution in [0.15, 0.2) is 29.2 Å². The number of carbonyl (C=O) groups is 1. The molecule has 0 saturated carbocycles. The van der Waals surface area contributed by atoms with Crippen molar-refractivity contribution in [2.45, 2.75) is 49.8 Å². The van der Waals surface area contributed by atoms with Gasteiger partial charge in [0.25, 0.3) is 0 Å². The lowest BCUT2D eigenvalue weighted by molar-refractivity contribution is -0.121. The summed E-state index contributed by atoms with van der Waals surface area (Å²) in [6.45, 7) is 7.69. The second kappa shape index (κ2) is 6.34. The van der Waals surface area contributed by atoms with E-state index in [9.17, 15) is 13.2 Å². The predicted molar refractivity (Wildman–Crippen MR) is 90.7 cm³/mol. The number of nitrogens with zero attached hydrogens (tertiary/aromatic N) is 1. The molecule has 0 spiro atoms. The monoisotopic (exact) mass is 341 g/mol. The lowest BCUT2D eigenvalue weighted by atomic mass is 9.99. The number of benzene rings is 1. The highest BCUT2D eigenvalue weighted by Gasteiger charge is 2.45. The van der Waals surface area contributed by atoms with Gasteiger partial charge in [-0.25, -0.2) is 8.42 Å². The van der Waals surface area contributed by atoms with Crippen molar-refractivity contribution in [3.8, 4) is 0 Å². The topological polar surface area (TPSA) is 54.5 Å². The third-order valence-electron chi connectivity index (χ3n) is 3.96. The highest BCUT2D eigenvalue weighted by molar-refractivity contribution is 8.00. The molecule has 0 aliphatic carbocycles. The summed E-state index contributed by atoms with van der Waals surface area (Å²) in [6, 6.07) is 6.17. The highest BCUT2D eigenvalue weighted by atomic mass is 32.2. The summed E-state index contributed by atoms with van der Waals surface area (Å²) >= 11 is 1.67. The van der Waals surface area contributed by atoms with Gasteiger partial charge in [0.2, 0.25) is 10.0 Å². The van der Waals surface area contributed by atoms with Gasteiger partial charge in [-0.05, 0) is 52.0 Å². The van der Waals surface area contributed by atoms with Crippen LogP contribution in [0.3, 0.4) is 0 Å². The largest absolute Gasteiger partial charge is 0.298 e. The average molecular weight is 341 g/mol. The van der Waals surface area contributed by atoms with E-state index in [0.29, 0.717) is 6.54 Å². The number of Topliss-reactive ketones (excluding diaryl/α,β-unsaturated/α-hetero) is 1. The normalized spacial score (nSPS) is 23.0. The van der Waals surface area contributed by atoms with E-state index in [4.69, 9.17) is 0 Å². The molecule has 6 heteroatoms. The van der Waals surface area contributed by atoms with Gasteiger partial charge in [-0.3, -0.25) is 4.79 Å². The fourth-order valence-corrected chi connectivity index (χ4v) is 6.03. The molecule has 1 heterocycles. The fourth-order valence-electron chi connectivity index (χ4n) is 2.91. The van der Waals surface area contributed by atoms with Crippen LogP contribution in [0, 0.1) is 6.92 Å². The van der Waals surface area contributed by atoms with Crippen LogP contribution in [-0.2, 0) is 14.8 Å². The van der Waals surface area contributed by atoms with Crippen molar-refractivity contribution >= 4 is 27.6 Å². The maximum Gasteiger partial charge on any atom is 0.243 e. The molecule has 1 aliphatic heterocycles. The van der Waals surface area contributed by atoms with Gasteiger partial charge >= 0.3 is 0 Å². The van der Waals surface area contributed by atoms with Gasteiger partial charge in [0, 0.05) is 11.3 Å². The Kier molecular flexibility index (Phi) is 5.04. The first-order chi connectivity index (χ1) is 10.2. The second-order valence-electron chi connectivity index (χ2n) is 6.25. The molecule has 1 aromatic rings. The first-order valence-corrected chi connectivity index (χ1v) is 9.82. The Bertz CT molecular complexity index is 650. The molecule has 2 rings (SSSR count). The number of rotatable bonds is 3. The summed E-state index contributed by atoms with van der Waals surface area (Å²) in [6.07, 6.45) is 0.753.